The molecule has 0 bridgehead atoms. The van der Waals surface area contributed by atoms with Crippen LogP contribution in [0.15, 0.2) is 54.7 Å². The Morgan fingerprint density at radius 2 is 1.73 bits per heavy atom. The van der Waals surface area contributed by atoms with Gasteiger partial charge in [0.1, 0.15) is 11.4 Å². The Labute approximate surface area is 199 Å². The zero-order valence-electron chi connectivity index (χ0n) is 17.5. The molecule has 33 heavy (non-hydrogen) atoms. The molecule has 10 heteroatoms. The molecule has 1 aliphatic heterocycles. The first-order valence-electron chi connectivity index (χ1n) is 10.5. The molecule has 0 spiro atoms. The number of hydrogen-bond acceptors (Lipinski definition) is 5. The second-order valence-electron chi connectivity index (χ2n) is 7.89. The summed E-state index contributed by atoms with van der Waals surface area (Å²) >= 11 is 11.9. The van der Waals surface area contributed by atoms with E-state index in [1.807, 2.05) is 18.2 Å². The maximum atomic E-state index is 13.6. The van der Waals surface area contributed by atoms with E-state index in [9.17, 15) is 13.2 Å². The summed E-state index contributed by atoms with van der Waals surface area (Å²) in [6.07, 6.45) is -2.36. The van der Waals surface area contributed by atoms with Gasteiger partial charge in [-0.1, -0.05) is 53.5 Å². The predicted molar refractivity (Wildman–Crippen MR) is 125 cm³/mol. The summed E-state index contributed by atoms with van der Waals surface area (Å²) in [5.41, 5.74) is 0.843. The van der Waals surface area contributed by atoms with Crippen molar-refractivity contribution in [3.8, 4) is 0 Å². The summed E-state index contributed by atoms with van der Waals surface area (Å²) in [4.78, 5) is 10.3. The molecule has 0 aliphatic carbocycles. The standard InChI is InChI=1S/C23H22Cl2F3N5/c24-19-7-6-17(12-20(19)25)31-22-29-13-18(23(26,27)28)21(32-22)30-16-8-10-33(11-9-16)14-15-4-2-1-3-5-15/h1-7,12-13,16H,8-11,14H2,(H2,29,30,31,32). The molecule has 3 aromatic rings. The Morgan fingerprint density at radius 3 is 2.39 bits per heavy atom. The van der Waals surface area contributed by atoms with Crippen molar-refractivity contribution in [3.05, 3.63) is 75.9 Å². The van der Waals surface area contributed by atoms with Crippen LogP contribution < -0.4 is 10.6 Å². The number of hydrogen-bond donors (Lipinski definition) is 2. The maximum absolute atomic E-state index is 13.6. The van der Waals surface area contributed by atoms with Gasteiger partial charge in [0, 0.05) is 37.6 Å². The van der Waals surface area contributed by atoms with Gasteiger partial charge in [0.05, 0.1) is 10.0 Å². The minimum atomic E-state index is -4.57. The number of likely N-dealkylation sites (tertiary alicyclic amines) is 1. The van der Waals surface area contributed by atoms with Crippen molar-refractivity contribution in [2.75, 3.05) is 23.7 Å². The van der Waals surface area contributed by atoms with Crippen molar-refractivity contribution in [2.24, 2.45) is 0 Å². The van der Waals surface area contributed by atoms with Gasteiger partial charge in [-0.3, -0.25) is 4.90 Å². The number of alkyl halides is 3. The highest BCUT2D eigenvalue weighted by atomic mass is 35.5. The van der Waals surface area contributed by atoms with Crippen LogP contribution in [0.1, 0.15) is 24.0 Å². The Morgan fingerprint density at radius 1 is 1.00 bits per heavy atom. The molecule has 1 saturated heterocycles. The molecule has 5 nitrogen and oxygen atoms in total. The number of halogens is 5. The average Bonchev–Trinajstić information content (AvgIpc) is 2.78. The van der Waals surface area contributed by atoms with E-state index in [1.54, 1.807) is 18.2 Å². The number of anilines is 3. The molecule has 1 aliphatic rings. The molecule has 0 atom stereocenters. The second kappa shape index (κ2) is 10.2. The molecule has 0 amide bonds. The number of nitrogens with zero attached hydrogens (tertiary/aromatic N) is 3. The zero-order valence-corrected chi connectivity index (χ0v) is 19.1. The highest BCUT2D eigenvalue weighted by molar-refractivity contribution is 6.42. The molecule has 2 heterocycles. The fraction of sp³-hybridized carbons (Fsp3) is 0.304. The fourth-order valence-electron chi connectivity index (χ4n) is 3.73. The van der Waals surface area contributed by atoms with E-state index in [4.69, 9.17) is 23.2 Å². The van der Waals surface area contributed by atoms with Crippen LogP contribution in [0.25, 0.3) is 0 Å². The Balaban J connectivity index is 1.45. The molecule has 4 rings (SSSR count). The van der Waals surface area contributed by atoms with Crippen molar-refractivity contribution >= 4 is 40.7 Å². The van der Waals surface area contributed by atoms with Crippen LogP contribution in [0.2, 0.25) is 10.0 Å². The van der Waals surface area contributed by atoms with Crippen molar-refractivity contribution in [3.63, 3.8) is 0 Å². The molecule has 2 aromatic carbocycles. The minimum absolute atomic E-state index is 0.0328. The monoisotopic (exact) mass is 495 g/mol. The minimum Gasteiger partial charge on any atom is -0.367 e. The molecular weight excluding hydrogens is 474 g/mol. The van der Waals surface area contributed by atoms with E-state index in [-0.39, 0.29) is 17.8 Å². The lowest BCUT2D eigenvalue weighted by Crippen LogP contribution is -2.39. The quantitative estimate of drug-likeness (QED) is 0.402. The van der Waals surface area contributed by atoms with E-state index >= 15 is 0 Å². The Hall–Kier alpha value is -2.55. The fourth-order valence-corrected chi connectivity index (χ4v) is 4.03. The summed E-state index contributed by atoms with van der Waals surface area (Å²) in [6, 6.07) is 14.8. The van der Waals surface area contributed by atoms with Gasteiger partial charge in [-0.25, -0.2) is 4.98 Å². The molecule has 0 unspecified atom stereocenters. The van der Waals surface area contributed by atoms with Gasteiger partial charge in [-0.05, 0) is 36.6 Å². The van der Waals surface area contributed by atoms with Gasteiger partial charge < -0.3 is 10.6 Å². The van der Waals surface area contributed by atoms with E-state index in [0.29, 0.717) is 28.6 Å². The number of aromatic nitrogens is 2. The predicted octanol–water partition coefficient (Wildman–Crippen LogP) is 6.62. The molecular formula is C23H22Cl2F3N5. The van der Waals surface area contributed by atoms with Crippen LogP contribution in [0.3, 0.4) is 0 Å². The number of benzene rings is 2. The van der Waals surface area contributed by atoms with E-state index < -0.39 is 11.7 Å². The molecule has 0 saturated carbocycles. The van der Waals surface area contributed by atoms with Gasteiger partial charge >= 0.3 is 6.18 Å². The molecule has 0 radical (unpaired) electrons. The van der Waals surface area contributed by atoms with Crippen LogP contribution in [-0.2, 0) is 12.7 Å². The van der Waals surface area contributed by atoms with Gasteiger partial charge in [0.2, 0.25) is 5.95 Å². The van der Waals surface area contributed by atoms with Crippen LogP contribution in [-0.4, -0.2) is 34.0 Å². The topological polar surface area (TPSA) is 53.1 Å². The number of piperidine rings is 1. The lowest BCUT2D eigenvalue weighted by molar-refractivity contribution is -0.137. The number of rotatable bonds is 6. The lowest BCUT2D eigenvalue weighted by atomic mass is 10.0. The molecule has 2 N–H and O–H groups in total. The first-order chi connectivity index (χ1) is 15.8. The van der Waals surface area contributed by atoms with Crippen molar-refractivity contribution < 1.29 is 13.2 Å². The average molecular weight is 496 g/mol. The summed E-state index contributed by atoms with van der Waals surface area (Å²) in [5.74, 6) is -0.202. The molecule has 174 valence electrons. The first-order valence-corrected chi connectivity index (χ1v) is 11.2. The summed E-state index contributed by atoms with van der Waals surface area (Å²) < 4.78 is 40.7. The summed E-state index contributed by atoms with van der Waals surface area (Å²) in [5, 5.41) is 6.57. The Kier molecular flexibility index (Phi) is 7.26. The van der Waals surface area contributed by atoms with Crippen molar-refractivity contribution in [1.82, 2.24) is 14.9 Å². The van der Waals surface area contributed by atoms with Gasteiger partial charge in [-0.15, -0.1) is 0 Å². The van der Waals surface area contributed by atoms with E-state index in [1.165, 1.54) is 5.56 Å². The normalized spacial score (nSPS) is 15.4. The Bertz CT molecular complexity index is 1090. The third kappa shape index (κ3) is 6.28. The molecule has 1 fully saturated rings. The van der Waals surface area contributed by atoms with Gasteiger partial charge in [-0.2, -0.15) is 18.2 Å². The largest absolute Gasteiger partial charge is 0.421 e. The van der Waals surface area contributed by atoms with Crippen LogP contribution in [0, 0.1) is 0 Å². The van der Waals surface area contributed by atoms with Crippen LogP contribution in [0.4, 0.5) is 30.6 Å². The SMILES string of the molecule is FC(F)(F)c1cnc(Nc2ccc(Cl)c(Cl)c2)nc1NC1CCN(Cc2ccccc2)CC1. The lowest BCUT2D eigenvalue weighted by Gasteiger charge is -2.33. The van der Waals surface area contributed by atoms with Crippen LogP contribution >= 0.6 is 23.2 Å². The smallest absolute Gasteiger partial charge is 0.367 e. The first kappa shape index (κ1) is 23.6. The second-order valence-corrected chi connectivity index (χ2v) is 8.70. The summed E-state index contributed by atoms with van der Waals surface area (Å²) in [7, 11) is 0. The van der Waals surface area contributed by atoms with E-state index in [0.717, 1.165) is 25.8 Å². The van der Waals surface area contributed by atoms with Gasteiger partial charge in [0.15, 0.2) is 0 Å². The maximum Gasteiger partial charge on any atom is 0.421 e. The highest BCUT2D eigenvalue weighted by Crippen LogP contribution is 2.35. The summed E-state index contributed by atoms with van der Waals surface area (Å²) in [6.45, 7) is 2.40. The third-order valence-corrected chi connectivity index (χ3v) is 6.19. The van der Waals surface area contributed by atoms with Crippen LogP contribution in [0.5, 0.6) is 0 Å². The zero-order chi connectivity index (χ0) is 23.4. The van der Waals surface area contributed by atoms with Crippen molar-refractivity contribution in [2.45, 2.75) is 31.6 Å². The van der Waals surface area contributed by atoms with E-state index in [2.05, 4.69) is 37.6 Å². The molecule has 1 aromatic heterocycles. The number of nitrogens with one attached hydrogen (secondary N) is 2. The third-order valence-electron chi connectivity index (χ3n) is 5.45. The highest BCUT2D eigenvalue weighted by Gasteiger charge is 2.36. The van der Waals surface area contributed by atoms with Gasteiger partial charge in [0.25, 0.3) is 0 Å². The van der Waals surface area contributed by atoms with Crippen molar-refractivity contribution in [1.29, 1.82) is 0 Å².